The van der Waals surface area contributed by atoms with Crippen LogP contribution in [0.3, 0.4) is 0 Å². The van der Waals surface area contributed by atoms with Gasteiger partial charge in [-0.05, 0) is 24.6 Å². The van der Waals surface area contributed by atoms with E-state index in [0.29, 0.717) is 39.4 Å². The highest BCUT2D eigenvalue weighted by Gasteiger charge is 2.32. The number of fused-ring (bicyclic) bond motifs is 1. The summed E-state index contributed by atoms with van der Waals surface area (Å²) in [7, 11) is 0. The van der Waals surface area contributed by atoms with Crippen molar-refractivity contribution in [1.82, 2.24) is 5.32 Å². The van der Waals surface area contributed by atoms with Crippen LogP contribution in [0.25, 0.3) is 0 Å². The van der Waals surface area contributed by atoms with Crippen LogP contribution in [0.5, 0.6) is 11.5 Å². The molecule has 0 aromatic heterocycles. The molecule has 2 aliphatic heterocycles. The molecule has 116 valence electrons. The van der Waals surface area contributed by atoms with E-state index in [1.54, 1.807) is 0 Å². The van der Waals surface area contributed by atoms with Gasteiger partial charge in [0.05, 0.1) is 19.8 Å². The molecule has 0 spiro atoms. The van der Waals surface area contributed by atoms with Crippen LogP contribution in [0.15, 0.2) is 18.2 Å². The summed E-state index contributed by atoms with van der Waals surface area (Å²) in [6.07, 6.45) is 1.60. The second-order valence-electron chi connectivity index (χ2n) is 5.89. The number of hydrogen-bond donors (Lipinski definition) is 2. The van der Waals surface area contributed by atoms with Gasteiger partial charge in [0, 0.05) is 32.0 Å². The zero-order chi connectivity index (χ0) is 14.7. The maximum absolute atomic E-state index is 10.3. The third-order valence-corrected chi connectivity index (χ3v) is 4.09. The van der Waals surface area contributed by atoms with Crippen molar-refractivity contribution in [2.75, 3.05) is 33.0 Å². The Morgan fingerprint density at radius 3 is 2.81 bits per heavy atom. The molecule has 1 aromatic rings. The lowest BCUT2D eigenvalue weighted by molar-refractivity contribution is 0.0252. The molecule has 1 aromatic carbocycles. The lowest BCUT2D eigenvalue weighted by Crippen LogP contribution is -2.41. The molecule has 0 aliphatic carbocycles. The molecule has 1 saturated heterocycles. The van der Waals surface area contributed by atoms with Gasteiger partial charge in [-0.1, -0.05) is 6.07 Å². The van der Waals surface area contributed by atoms with Crippen molar-refractivity contribution < 1.29 is 19.3 Å². The Bertz CT molecular complexity index is 485. The van der Waals surface area contributed by atoms with Gasteiger partial charge in [-0.3, -0.25) is 0 Å². The maximum atomic E-state index is 10.3. The van der Waals surface area contributed by atoms with Gasteiger partial charge in [0.1, 0.15) is 5.60 Å². The quantitative estimate of drug-likeness (QED) is 0.884. The van der Waals surface area contributed by atoms with Gasteiger partial charge >= 0.3 is 0 Å². The third kappa shape index (κ3) is 3.48. The molecule has 0 amide bonds. The van der Waals surface area contributed by atoms with Crippen LogP contribution in [0.1, 0.15) is 31.4 Å². The molecule has 1 fully saturated rings. The lowest BCUT2D eigenvalue weighted by Gasteiger charge is -2.24. The monoisotopic (exact) mass is 293 g/mol. The lowest BCUT2D eigenvalue weighted by atomic mass is 10.0. The Morgan fingerprint density at radius 2 is 2.05 bits per heavy atom. The molecule has 2 atom stereocenters. The first kappa shape index (κ1) is 14.6. The minimum atomic E-state index is -0.737. The normalized spacial score (nSPS) is 26.4. The standard InChI is InChI=1S/C16H23NO4/c1-12(17-10-16(18)5-8-19-11-16)13-3-4-14-15(9-13)21-7-2-6-20-14/h3-4,9,12,17-18H,2,5-8,10-11H2,1H3. The topological polar surface area (TPSA) is 60.0 Å². The van der Waals surface area contributed by atoms with Gasteiger partial charge in [0.15, 0.2) is 11.5 Å². The summed E-state index contributed by atoms with van der Waals surface area (Å²) >= 11 is 0. The molecule has 2 N–H and O–H groups in total. The van der Waals surface area contributed by atoms with Crippen LogP contribution in [0.2, 0.25) is 0 Å². The van der Waals surface area contributed by atoms with Crippen LogP contribution >= 0.6 is 0 Å². The fourth-order valence-corrected chi connectivity index (χ4v) is 2.65. The number of benzene rings is 1. The fraction of sp³-hybridized carbons (Fsp3) is 0.625. The second-order valence-corrected chi connectivity index (χ2v) is 5.89. The highest BCUT2D eigenvalue weighted by Crippen LogP contribution is 2.32. The highest BCUT2D eigenvalue weighted by atomic mass is 16.5. The predicted octanol–water partition coefficient (Wildman–Crippen LogP) is 1.65. The van der Waals surface area contributed by atoms with Crippen LogP contribution < -0.4 is 14.8 Å². The first-order valence-electron chi connectivity index (χ1n) is 7.59. The van der Waals surface area contributed by atoms with Gasteiger partial charge < -0.3 is 24.6 Å². The van der Waals surface area contributed by atoms with E-state index in [4.69, 9.17) is 14.2 Å². The summed E-state index contributed by atoms with van der Waals surface area (Å²) in [5.74, 6) is 1.62. The van der Waals surface area contributed by atoms with Crippen molar-refractivity contribution in [1.29, 1.82) is 0 Å². The zero-order valence-corrected chi connectivity index (χ0v) is 12.4. The van der Waals surface area contributed by atoms with Crippen LogP contribution in [-0.2, 0) is 4.74 Å². The van der Waals surface area contributed by atoms with Crippen molar-refractivity contribution in [3.05, 3.63) is 23.8 Å². The fourth-order valence-electron chi connectivity index (χ4n) is 2.65. The Hall–Kier alpha value is -1.30. The largest absolute Gasteiger partial charge is 0.490 e. The predicted molar refractivity (Wildman–Crippen MR) is 78.9 cm³/mol. The van der Waals surface area contributed by atoms with Crippen LogP contribution in [0.4, 0.5) is 0 Å². The molecule has 0 saturated carbocycles. The van der Waals surface area contributed by atoms with E-state index in [2.05, 4.69) is 12.2 Å². The SMILES string of the molecule is CC(NCC1(O)CCOC1)c1ccc2c(c1)OCCCO2. The van der Waals surface area contributed by atoms with Crippen molar-refractivity contribution in [2.45, 2.75) is 31.4 Å². The molecule has 5 nitrogen and oxygen atoms in total. The number of aliphatic hydroxyl groups is 1. The van der Waals surface area contributed by atoms with E-state index >= 15 is 0 Å². The molecule has 0 radical (unpaired) electrons. The van der Waals surface area contributed by atoms with Crippen LogP contribution in [-0.4, -0.2) is 43.7 Å². The van der Waals surface area contributed by atoms with Gasteiger partial charge in [0.25, 0.3) is 0 Å². The van der Waals surface area contributed by atoms with Gasteiger partial charge in [-0.15, -0.1) is 0 Å². The minimum Gasteiger partial charge on any atom is -0.490 e. The number of rotatable bonds is 4. The summed E-state index contributed by atoms with van der Waals surface area (Å²) in [6.45, 7) is 5.05. The summed E-state index contributed by atoms with van der Waals surface area (Å²) in [5, 5.41) is 13.7. The van der Waals surface area contributed by atoms with Crippen LogP contribution in [0, 0.1) is 0 Å². The van der Waals surface area contributed by atoms with Crippen molar-refractivity contribution in [3.63, 3.8) is 0 Å². The van der Waals surface area contributed by atoms with Gasteiger partial charge in [-0.2, -0.15) is 0 Å². The zero-order valence-electron chi connectivity index (χ0n) is 12.4. The smallest absolute Gasteiger partial charge is 0.161 e. The van der Waals surface area contributed by atoms with E-state index in [1.165, 1.54) is 0 Å². The first-order chi connectivity index (χ1) is 10.2. The van der Waals surface area contributed by atoms with E-state index in [-0.39, 0.29) is 6.04 Å². The molecule has 21 heavy (non-hydrogen) atoms. The Kier molecular flexibility index (Phi) is 4.33. The van der Waals surface area contributed by atoms with Crippen molar-refractivity contribution in [2.24, 2.45) is 0 Å². The number of ether oxygens (including phenoxy) is 3. The second kappa shape index (κ2) is 6.22. The van der Waals surface area contributed by atoms with Crippen molar-refractivity contribution in [3.8, 4) is 11.5 Å². The Labute approximate surface area is 125 Å². The molecular formula is C16H23NO4. The van der Waals surface area contributed by atoms with Gasteiger partial charge in [-0.25, -0.2) is 0 Å². The summed E-state index contributed by atoms with van der Waals surface area (Å²) in [5.41, 5.74) is 0.390. The molecule has 5 heteroatoms. The van der Waals surface area contributed by atoms with Gasteiger partial charge in [0.2, 0.25) is 0 Å². The first-order valence-corrected chi connectivity index (χ1v) is 7.59. The Balaban J connectivity index is 1.64. The molecule has 2 aliphatic rings. The maximum Gasteiger partial charge on any atom is 0.161 e. The summed E-state index contributed by atoms with van der Waals surface area (Å²) in [6, 6.07) is 6.15. The molecular weight excluding hydrogens is 270 g/mol. The minimum absolute atomic E-state index is 0.131. The Morgan fingerprint density at radius 1 is 1.24 bits per heavy atom. The van der Waals surface area contributed by atoms with E-state index < -0.39 is 5.60 Å². The van der Waals surface area contributed by atoms with E-state index in [1.807, 2.05) is 18.2 Å². The molecule has 3 rings (SSSR count). The van der Waals surface area contributed by atoms with E-state index in [9.17, 15) is 5.11 Å². The molecule has 2 unspecified atom stereocenters. The molecule has 2 heterocycles. The van der Waals surface area contributed by atoms with Crippen molar-refractivity contribution >= 4 is 0 Å². The highest BCUT2D eigenvalue weighted by molar-refractivity contribution is 5.44. The average molecular weight is 293 g/mol. The average Bonchev–Trinajstić information content (AvgIpc) is 2.79. The summed E-state index contributed by atoms with van der Waals surface area (Å²) < 4.78 is 16.6. The number of hydrogen-bond acceptors (Lipinski definition) is 5. The number of nitrogens with one attached hydrogen (secondary N) is 1. The third-order valence-electron chi connectivity index (χ3n) is 4.09. The molecule has 0 bridgehead atoms. The van der Waals surface area contributed by atoms with E-state index in [0.717, 1.165) is 23.5 Å². The summed E-state index contributed by atoms with van der Waals surface area (Å²) in [4.78, 5) is 0.